The van der Waals surface area contributed by atoms with Crippen LogP contribution in [0.25, 0.3) is 10.8 Å². The average molecular weight is 798 g/mol. The zero-order valence-corrected chi connectivity index (χ0v) is 34.1. The summed E-state index contributed by atoms with van der Waals surface area (Å²) < 4.78 is 50.8. The van der Waals surface area contributed by atoms with Gasteiger partial charge in [-0.15, -0.1) is 0 Å². The van der Waals surface area contributed by atoms with Crippen LogP contribution in [0.3, 0.4) is 0 Å². The molecule has 1 aromatic carbocycles. The Labute approximate surface area is 328 Å². The molecule has 56 heavy (non-hydrogen) atoms. The second-order valence-corrected chi connectivity index (χ2v) is 19.2. The minimum absolute atomic E-state index is 0.0126. The number of carbonyl (C=O) groups excluding carboxylic acids is 4. The molecule has 2 aliphatic heterocycles. The van der Waals surface area contributed by atoms with E-state index in [4.69, 9.17) is 18.9 Å². The average Bonchev–Trinajstić information content (AvgIpc) is 4.01. The molecule has 3 fully saturated rings. The minimum atomic E-state index is -4.01. The van der Waals surface area contributed by atoms with Gasteiger partial charge < -0.3 is 34.5 Å². The van der Waals surface area contributed by atoms with Crippen LogP contribution in [-0.2, 0) is 33.9 Å². The summed E-state index contributed by atoms with van der Waals surface area (Å²) in [6, 6.07) is 5.09. The molecule has 2 aliphatic carbocycles. The summed E-state index contributed by atoms with van der Waals surface area (Å²) in [7, 11) is -0.938. The quantitative estimate of drug-likeness (QED) is 0.311. The van der Waals surface area contributed by atoms with E-state index in [-0.39, 0.29) is 37.8 Å². The number of sulfonamides is 1. The fourth-order valence-electron chi connectivity index (χ4n) is 7.78. The second kappa shape index (κ2) is 15.8. The van der Waals surface area contributed by atoms with Crippen LogP contribution in [0.4, 0.5) is 4.79 Å². The normalized spacial score (nSPS) is 29.7. The van der Waals surface area contributed by atoms with Gasteiger partial charge >= 0.3 is 6.09 Å². The van der Waals surface area contributed by atoms with Crippen LogP contribution >= 0.6 is 0 Å². The van der Waals surface area contributed by atoms with E-state index in [9.17, 15) is 27.6 Å². The number of alkyl carbamates (subject to hydrolysis) is 1. The van der Waals surface area contributed by atoms with Crippen molar-refractivity contribution < 1.29 is 46.5 Å². The molecule has 15 nitrogen and oxygen atoms in total. The summed E-state index contributed by atoms with van der Waals surface area (Å²) in [6.07, 6.45) is 6.74. The first-order valence-corrected chi connectivity index (χ1v) is 20.8. The van der Waals surface area contributed by atoms with Crippen molar-refractivity contribution in [3.05, 3.63) is 42.6 Å². The fraction of sp³-hybridized carbons (Fsp3) is 0.625. The van der Waals surface area contributed by atoms with Gasteiger partial charge in [-0.25, -0.2) is 18.2 Å². The number of nitrogens with zero attached hydrogens (tertiary/aromatic N) is 2. The molecule has 306 valence electrons. The van der Waals surface area contributed by atoms with Crippen LogP contribution in [0.15, 0.2) is 42.6 Å². The SMILES string of the molecule is COC[C@@H]1C[C@@H](C)CC/C=C\[C@H]2C[C@]2(C(=O)NS(=O)(=O)C2(C)CC2)NC(=O)[C@@H]2C[C@@H](Oc3ncc(OC)c4ccccc34)CN2C(=O)[C@H]1NC(=O)OC(C)(C)C. The number of amides is 4. The Hall–Kier alpha value is -4.44. The van der Waals surface area contributed by atoms with Crippen LogP contribution < -0.4 is 24.8 Å². The number of allylic oxidation sites excluding steroid dienone is 1. The van der Waals surface area contributed by atoms with Gasteiger partial charge in [-0.1, -0.05) is 37.3 Å². The molecule has 0 radical (unpaired) electrons. The summed E-state index contributed by atoms with van der Waals surface area (Å²) in [6.45, 7) is 8.89. The molecular weight excluding hydrogens is 743 g/mol. The maximum absolute atomic E-state index is 15.0. The molecule has 7 atom stereocenters. The summed E-state index contributed by atoms with van der Waals surface area (Å²) in [4.78, 5) is 62.7. The van der Waals surface area contributed by atoms with Crippen molar-refractivity contribution in [1.29, 1.82) is 0 Å². The van der Waals surface area contributed by atoms with Crippen LogP contribution in [0.2, 0.25) is 0 Å². The second-order valence-electron chi connectivity index (χ2n) is 17.0. The summed E-state index contributed by atoms with van der Waals surface area (Å²) in [5.41, 5.74) is -2.40. The van der Waals surface area contributed by atoms with Gasteiger partial charge in [0.25, 0.3) is 5.91 Å². The van der Waals surface area contributed by atoms with E-state index in [1.165, 1.54) is 12.0 Å². The van der Waals surface area contributed by atoms with E-state index in [0.717, 1.165) is 11.8 Å². The Kier molecular flexibility index (Phi) is 11.6. The van der Waals surface area contributed by atoms with E-state index >= 15 is 0 Å². The van der Waals surface area contributed by atoms with Gasteiger partial charge in [-0.2, -0.15) is 0 Å². The van der Waals surface area contributed by atoms with Gasteiger partial charge in [0.15, 0.2) is 0 Å². The van der Waals surface area contributed by atoms with Crippen molar-refractivity contribution in [3.8, 4) is 11.6 Å². The van der Waals surface area contributed by atoms with Crippen molar-refractivity contribution in [2.24, 2.45) is 17.8 Å². The highest BCUT2D eigenvalue weighted by Crippen LogP contribution is 2.47. The third-order valence-corrected chi connectivity index (χ3v) is 13.5. The molecule has 1 saturated heterocycles. The van der Waals surface area contributed by atoms with Gasteiger partial charge in [-0.3, -0.25) is 19.1 Å². The molecule has 0 bridgehead atoms. The molecule has 2 saturated carbocycles. The first-order valence-electron chi connectivity index (χ1n) is 19.3. The number of nitrogens with one attached hydrogen (secondary N) is 3. The lowest BCUT2D eigenvalue weighted by molar-refractivity contribution is -0.142. The number of hydrogen-bond acceptors (Lipinski definition) is 11. The predicted octanol–water partition coefficient (Wildman–Crippen LogP) is 4.00. The van der Waals surface area contributed by atoms with E-state index in [2.05, 4.69) is 27.3 Å². The number of aromatic nitrogens is 1. The Morgan fingerprint density at radius 1 is 1.09 bits per heavy atom. The molecule has 1 aromatic heterocycles. The summed E-state index contributed by atoms with van der Waals surface area (Å²) in [5, 5.41) is 7.14. The number of fused-ring (bicyclic) bond motifs is 3. The number of benzene rings is 1. The van der Waals surface area contributed by atoms with Crippen molar-refractivity contribution in [2.75, 3.05) is 27.4 Å². The number of rotatable bonds is 9. The van der Waals surface area contributed by atoms with E-state index in [0.29, 0.717) is 36.8 Å². The number of ether oxygens (including phenoxy) is 4. The number of carbonyl (C=O) groups is 4. The predicted molar refractivity (Wildman–Crippen MR) is 207 cm³/mol. The van der Waals surface area contributed by atoms with Gasteiger partial charge in [0.05, 0.1) is 31.2 Å². The molecule has 16 heteroatoms. The first-order chi connectivity index (χ1) is 26.4. The van der Waals surface area contributed by atoms with Crippen LogP contribution in [-0.4, -0.2) is 104 Å². The maximum atomic E-state index is 15.0. The molecule has 3 N–H and O–H groups in total. The molecule has 4 amide bonds. The van der Waals surface area contributed by atoms with Crippen molar-refractivity contribution >= 4 is 44.6 Å². The van der Waals surface area contributed by atoms with Crippen molar-refractivity contribution in [3.63, 3.8) is 0 Å². The Morgan fingerprint density at radius 3 is 2.46 bits per heavy atom. The molecule has 0 spiro atoms. The number of pyridine rings is 1. The summed E-state index contributed by atoms with van der Waals surface area (Å²) in [5.74, 6) is -2.08. The number of methoxy groups -OCH3 is 2. The molecule has 0 unspecified atom stereocenters. The van der Waals surface area contributed by atoms with E-state index in [1.807, 2.05) is 36.4 Å². The van der Waals surface area contributed by atoms with E-state index in [1.54, 1.807) is 41.0 Å². The molecule has 3 heterocycles. The van der Waals surface area contributed by atoms with Gasteiger partial charge in [0.2, 0.25) is 27.7 Å². The van der Waals surface area contributed by atoms with E-state index < -0.39 is 79.7 Å². The van der Waals surface area contributed by atoms with Crippen molar-refractivity contribution in [2.45, 2.75) is 114 Å². The monoisotopic (exact) mass is 797 g/mol. The van der Waals surface area contributed by atoms with Crippen LogP contribution in [0, 0.1) is 17.8 Å². The minimum Gasteiger partial charge on any atom is -0.494 e. The highest BCUT2D eigenvalue weighted by molar-refractivity contribution is 7.91. The van der Waals surface area contributed by atoms with Gasteiger partial charge in [-0.05, 0) is 78.2 Å². The third kappa shape index (κ3) is 8.75. The zero-order chi connectivity index (χ0) is 40.6. The maximum Gasteiger partial charge on any atom is 0.408 e. The lowest BCUT2D eigenvalue weighted by Gasteiger charge is -2.34. The van der Waals surface area contributed by atoms with Gasteiger partial charge in [0.1, 0.15) is 35.1 Å². The molecule has 6 rings (SSSR count). The summed E-state index contributed by atoms with van der Waals surface area (Å²) >= 11 is 0. The molecule has 4 aliphatic rings. The topological polar surface area (TPSA) is 192 Å². The molecular formula is C40H55N5O10S. The highest BCUT2D eigenvalue weighted by atomic mass is 32.2. The van der Waals surface area contributed by atoms with Crippen molar-refractivity contribution in [1.82, 2.24) is 25.2 Å². The Bertz CT molecular complexity index is 1980. The Morgan fingerprint density at radius 2 is 1.80 bits per heavy atom. The largest absolute Gasteiger partial charge is 0.494 e. The molecule has 2 aromatic rings. The zero-order valence-electron chi connectivity index (χ0n) is 33.3. The highest BCUT2D eigenvalue weighted by Gasteiger charge is 2.63. The number of hydrogen-bond donors (Lipinski definition) is 3. The van der Waals surface area contributed by atoms with Crippen LogP contribution in [0.5, 0.6) is 11.6 Å². The lowest BCUT2D eigenvalue weighted by Crippen LogP contribution is -2.60. The fourth-order valence-corrected chi connectivity index (χ4v) is 9.09. The van der Waals surface area contributed by atoms with Crippen LogP contribution in [0.1, 0.15) is 79.6 Å². The standard InChI is InChI=1S/C40H55N5O10S/c1-24-12-8-9-13-26-20-40(26,36(48)44-56(50,51)39(5)16-17-39)43-33(46)30-19-27(54-34-29-15-11-10-14-28(29)31(53-7)21-41-34)22-45(30)35(47)32(25(18-24)23-52-6)42-37(49)55-38(2,3)4/h9-11,13-15,21,24-27,30,32H,8,12,16-20,22-23H2,1-7H3,(H,42,49)(H,43,46)(H,44,48)/b13-9-/t24-,25-,26-,27+,30-,32-,40-/m0/s1. The Balaban J connectivity index is 1.38. The first kappa shape index (κ1) is 41.2. The third-order valence-electron chi connectivity index (χ3n) is 11.4. The smallest absolute Gasteiger partial charge is 0.408 e. The lowest BCUT2D eigenvalue weighted by atomic mass is 9.87. The van der Waals surface area contributed by atoms with Gasteiger partial charge in [0, 0.05) is 36.1 Å².